The number of nitro benzene ring substituents is 1. The number of carbonyl (C=O) groups excluding carboxylic acids is 4. The lowest BCUT2D eigenvalue weighted by Crippen LogP contribution is -2.52. The zero-order valence-electron chi connectivity index (χ0n) is 16.1. The molecule has 12 heteroatoms. The van der Waals surface area contributed by atoms with Crippen molar-refractivity contribution in [3.05, 3.63) is 45.5 Å². The Morgan fingerprint density at radius 1 is 1.23 bits per heavy atom. The van der Waals surface area contributed by atoms with E-state index >= 15 is 0 Å². The predicted molar refractivity (Wildman–Crippen MR) is 102 cm³/mol. The van der Waals surface area contributed by atoms with Crippen molar-refractivity contribution in [2.75, 3.05) is 4.90 Å². The van der Waals surface area contributed by atoms with Crippen molar-refractivity contribution < 1.29 is 38.3 Å². The van der Waals surface area contributed by atoms with E-state index in [2.05, 4.69) is 0 Å². The number of carbonyl (C=O) groups is 4. The number of imide groups is 1. The summed E-state index contributed by atoms with van der Waals surface area (Å²) in [6.45, 7) is 2.18. The standard InChI is InChI=1S/C19H15ClN2O9/c1-8(23)29-18(30-9(2)24)19-6-5-13(31-19)14-15(19)17(26)21(16(14)25)12-7-10(22(27)28)3-4-11(12)20/h3-7,13-15,18H,1-2H3/t13-,14-,15+,19-/m0/s1. The second-order valence-electron chi connectivity index (χ2n) is 7.25. The molecule has 0 spiro atoms. The SMILES string of the molecule is CC(=O)OC(OC(C)=O)[C@@]12C=C[C@H](O1)[C@@H]1C(=O)N(c3cc([N+](=O)[O-])ccc3Cl)C(=O)[C@@H]12. The molecule has 0 radical (unpaired) electrons. The van der Waals surface area contributed by atoms with Gasteiger partial charge in [-0.2, -0.15) is 0 Å². The van der Waals surface area contributed by atoms with E-state index in [1.54, 1.807) is 0 Å². The lowest BCUT2D eigenvalue weighted by atomic mass is 9.76. The summed E-state index contributed by atoms with van der Waals surface area (Å²) in [6, 6.07) is 3.38. The van der Waals surface area contributed by atoms with Crippen molar-refractivity contribution in [3.8, 4) is 0 Å². The number of fused-ring (bicyclic) bond motifs is 5. The number of benzene rings is 1. The molecule has 3 aliphatic rings. The van der Waals surface area contributed by atoms with Gasteiger partial charge in [0, 0.05) is 26.0 Å². The Labute approximate surface area is 179 Å². The molecule has 31 heavy (non-hydrogen) atoms. The predicted octanol–water partition coefficient (Wildman–Crippen LogP) is 1.51. The van der Waals surface area contributed by atoms with Crippen LogP contribution in [0.3, 0.4) is 0 Å². The first kappa shape index (κ1) is 20.9. The minimum atomic E-state index is -1.72. The van der Waals surface area contributed by atoms with Gasteiger partial charge in [-0.05, 0) is 12.1 Å². The molecule has 0 aromatic heterocycles. The highest BCUT2D eigenvalue weighted by Crippen LogP contribution is 2.55. The second-order valence-corrected chi connectivity index (χ2v) is 7.66. The summed E-state index contributed by atoms with van der Waals surface area (Å²) in [5.41, 5.74) is -2.23. The van der Waals surface area contributed by atoms with Crippen LogP contribution in [0, 0.1) is 22.0 Å². The average Bonchev–Trinajstić information content (AvgIpc) is 3.32. The molecule has 4 rings (SSSR count). The summed E-state index contributed by atoms with van der Waals surface area (Å²) in [5, 5.41) is 11.1. The summed E-state index contributed by atoms with van der Waals surface area (Å²) in [7, 11) is 0. The lowest BCUT2D eigenvalue weighted by Gasteiger charge is -2.34. The van der Waals surface area contributed by atoms with Crippen LogP contribution < -0.4 is 4.90 Å². The number of nitrogens with zero attached hydrogens (tertiary/aromatic N) is 2. The van der Waals surface area contributed by atoms with E-state index in [0.29, 0.717) is 0 Å². The van der Waals surface area contributed by atoms with Gasteiger partial charge in [0.15, 0.2) is 5.60 Å². The van der Waals surface area contributed by atoms with E-state index in [1.807, 2.05) is 0 Å². The zero-order valence-corrected chi connectivity index (χ0v) is 16.9. The van der Waals surface area contributed by atoms with Gasteiger partial charge >= 0.3 is 11.9 Å². The second kappa shape index (κ2) is 7.13. The normalized spacial score (nSPS) is 28.3. The van der Waals surface area contributed by atoms with Crippen LogP contribution in [0.4, 0.5) is 11.4 Å². The molecule has 2 saturated heterocycles. The molecule has 162 valence electrons. The largest absolute Gasteiger partial charge is 0.422 e. The highest BCUT2D eigenvalue weighted by Gasteiger charge is 2.72. The molecular formula is C19H15ClN2O9. The molecule has 0 aliphatic carbocycles. The Morgan fingerprint density at radius 3 is 2.45 bits per heavy atom. The van der Waals surface area contributed by atoms with E-state index < -0.39 is 58.5 Å². The molecule has 0 saturated carbocycles. The molecule has 3 heterocycles. The number of amides is 2. The molecule has 0 N–H and O–H groups in total. The number of hydrogen-bond acceptors (Lipinski definition) is 9. The first-order chi connectivity index (χ1) is 14.6. The van der Waals surface area contributed by atoms with E-state index in [9.17, 15) is 29.3 Å². The van der Waals surface area contributed by atoms with Crippen molar-refractivity contribution in [3.63, 3.8) is 0 Å². The van der Waals surface area contributed by atoms with Crippen LogP contribution in [0.5, 0.6) is 0 Å². The topological polar surface area (TPSA) is 142 Å². The van der Waals surface area contributed by atoms with Gasteiger partial charge in [-0.1, -0.05) is 17.7 Å². The number of halogens is 1. The highest BCUT2D eigenvalue weighted by molar-refractivity contribution is 6.36. The Bertz CT molecular complexity index is 1050. The maximum atomic E-state index is 13.4. The van der Waals surface area contributed by atoms with Crippen LogP contribution in [0.2, 0.25) is 5.02 Å². The minimum absolute atomic E-state index is 0.0425. The van der Waals surface area contributed by atoms with Gasteiger partial charge in [-0.15, -0.1) is 0 Å². The van der Waals surface area contributed by atoms with Gasteiger partial charge in [0.2, 0.25) is 11.8 Å². The maximum absolute atomic E-state index is 13.4. The van der Waals surface area contributed by atoms with E-state index in [0.717, 1.165) is 30.9 Å². The summed E-state index contributed by atoms with van der Waals surface area (Å²) in [4.78, 5) is 61.0. The van der Waals surface area contributed by atoms with Gasteiger partial charge in [0.25, 0.3) is 12.0 Å². The summed E-state index contributed by atoms with van der Waals surface area (Å²) in [5.74, 6) is -5.25. The molecule has 0 unspecified atom stereocenters. The number of rotatable bonds is 5. The summed E-state index contributed by atoms with van der Waals surface area (Å²) >= 11 is 6.14. The van der Waals surface area contributed by atoms with Crippen LogP contribution in [0.25, 0.3) is 0 Å². The van der Waals surface area contributed by atoms with Crippen LogP contribution in [0.1, 0.15) is 13.8 Å². The Balaban J connectivity index is 1.78. The van der Waals surface area contributed by atoms with Crippen molar-refractivity contribution in [2.24, 2.45) is 11.8 Å². The monoisotopic (exact) mass is 450 g/mol. The quantitative estimate of drug-likeness (QED) is 0.163. The number of esters is 2. The van der Waals surface area contributed by atoms with Crippen LogP contribution >= 0.6 is 11.6 Å². The molecule has 2 amide bonds. The van der Waals surface area contributed by atoms with Crippen LogP contribution in [-0.4, -0.2) is 46.7 Å². The fourth-order valence-electron chi connectivity index (χ4n) is 4.24. The molecule has 3 aliphatic heterocycles. The van der Waals surface area contributed by atoms with Gasteiger partial charge in [0.05, 0.1) is 33.6 Å². The third-order valence-electron chi connectivity index (χ3n) is 5.37. The Morgan fingerprint density at radius 2 is 1.87 bits per heavy atom. The lowest BCUT2D eigenvalue weighted by molar-refractivity contribution is -0.384. The minimum Gasteiger partial charge on any atom is -0.422 e. The third-order valence-corrected chi connectivity index (χ3v) is 5.69. The average molecular weight is 451 g/mol. The van der Waals surface area contributed by atoms with Crippen molar-refractivity contribution in [1.82, 2.24) is 0 Å². The number of hydrogen-bond donors (Lipinski definition) is 0. The van der Waals surface area contributed by atoms with Crippen LogP contribution in [0.15, 0.2) is 30.4 Å². The smallest absolute Gasteiger partial charge is 0.305 e. The molecular weight excluding hydrogens is 436 g/mol. The van der Waals surface area contributed by atoms with E-state index in [-0.39, 0.29) is 16.4 Å². The van der Waals surface area contributed by atoms with E-state index in [4.69, 9.17) is 25.8 Å². The summed E-state index contributed by atoms with van der Waals surface area (Å²) in [6.07, 6.45) is 0.484. The van der Waals surface area contributed by atoms with Gasteiger partial charge in [0.1, 0.15) is 0 Å². The Kier molecular flexibility index (Phi) is 4.82. The summed E-state index contributed by atoms with van der Waals surface area (Å²) < 4.78 is 16.1. The molecule has 2 bridgehead atoms. The maximum Gasteiger partial charge on any atom is 0.305 e. The van der Waals surface area contributed by atoms with Crippen LogP contribution in [-0.2, 0) is 33.4 Å². The molecule has 2 fully saturated rings. The first-order valence-corrected chi connectivity index (χ1v) is 9.48. The third kappa shape index (κ3) is 3.08. The highest BCUT2D eigenvalue weighted by atomic mass is 35.5. The molecule has 4 atom stereocenters. The Hall–Kier alpha value is -3.31. The van der Waals surface area contributed by atoms with Gasteiger partial charge in [-0.25, -0.2) is 4.90 Å². The number of anilines is 1. The number of non-ortho nitro benzene ring substituents is 1. The number of ether oxygens (including phenoxy) is 3. The van der Waals surface area contributed by atoms with Crippen molar-refractivity contribution in [1.29, 1.82) is 0 Å². The van der Waals surface area contributed by atoms with Gasteiger partial charge in [-0.3, -0.25) is 29.3 Å². The molecule has 11 nitrogen and oxygen atoms in total. The molecule has 1 aromatic rings. The van der Waals surface area contributed by atoms with Gasteiger partial charge < -0.3 is 14.2 Å². The fraction of sp³-hybridized carbons (Fsp3) is 0.368. The van der Waals surface area contributed by atoms with E-state index in [1.165, 1.54) is 18.2 Å². The van der Waals surface area contributed by atoms with Crippen molar-refractivity contribution >= 4 is 46.7 Å². The molecule has 1 aromatic carbocycles. The number of nitro groups is 1. The first-order valence-electron chi connectivity index (χ1n) is 9.10. The van der Waals surface area contributed by atoms with Crippen molar-refractivity contribution in [2.45, 2.75) is 31.8 Å². The fourth-order valence-corrected chi connectivity index (χ4v) is 4.44. The zero-order chi connectivity index (χ0) is 22.7.